The third-order valence-electron chi connectivity index (χ3n) is 5.98. The van der Waals surface area contributed by atoms with E-state index in [2.05, 4.69) is 29.2 Å². The summed E-state index contributed by atoms with van der Waals surface area (Å²) in [7, 11) is 1.75. The lowest BCUT2D eigenvalue weighted by Gasteiger charge is -2.39. The molecule has 1 aliphatic carbocycles. The van der Waals surface area contributed by atoms with Crippen molar-refractivity contribution in [2.75, 3.05) is 20.2 Å². The number of likely N-dealkylation sites (tertiary alicyclic amines) is 1. The highest BCUT2D eigenvalue weighted by Crippen LogP contribution is 2.40. The molecule has 1 fully saturated rings. The van der Waals surface area contributed by atoms with E-state index < -0.39 is 0 Å². The zero-order valence-electron chi connectivity index (χ0n) is 15.2. The predicted molar refractivity (Wildman–Crippen MR) is 109 cm³/mol. The molecule has 4 rings (SSSR count). The lowest BCUT2D eigenvalue weighted by molar-refractivity contribution is 0.188. The maximum absolute atomic E-state index is 6.28. The van der Waals surface area contributed by atoms with Gasteiger partial charge in [0.2, 0.25) is 0 Å². The molecular formula is C22H25Cl2NO. The summed E-state index contributed by atoms with van der Waals surface area (Å²) in [6.07, 6.45) is 6.00. The van der Waals surface area contributed by atoms with Crippen molar-refractivity contribution in [1.29, 1.82) is 0 Å². The fraction of sp³-hybridized carbons (Fsp3) is 0.455. The minimum atomic E-state index is 0.462. The highest BCUT2D eigenvalue weighted by Gasteiger charge is 2.35. The zero-order valence-corrected chi connectivity index (χ0v) is 16.7. The summed E-state index contributed by atoms with van der Waals surface area (Å²) in [6, 6.07) is 13.2. The van der Waals surface area contributed by atoms with Crippen LogP contribution in [0, 0.1) is 0 Å². The molecule has 2 aliphatic rings. The second-order valence-corrected chi connectivity index (χ2v) is 8.29. The summed E-state index contributed by atoms with van der Waals surface area (Å²) >= 11 is 12.4. The molecule has 0 amide bonds. The van der Waals surface area contributed by atoms with Gasteiger partial charge in [0.25, 0.3) is 0 Å². The molecule has 2 aromatic rings. The van der Waals surface area contributed by atoms with Crippen LogP contribution >= 0.6 is 23.2 Å². The number of aryl methyl sites for hydroxylation is 1. The van der Waals surface area contributed by atoms with E-state index in [1.54, 1.807) is 7.11 Å². The Morgan fingerprint density at radius 1 is 1.04 bits per heavy atom. The van der Waals surface area contributed by atoms with E-state index in [9.17, 15) is 0 Å². The van der Waals surface area contributed by atoms with Crippen molar-refractivity contribution >= 4 is 23.2 Å². The van der Waals surface area contributed by atoms with Crippen molar-refractivity contribution in [3.63, 3.8) is 0 Å². The van der Waals surface area contributed by atoms with Crippen LogP contribution in [-0.2, 0) is 12.8 Å². The van der Waals surface area contributed by atoms with E-state index in [4.69, 9.17) is 27.9 Å². The van der Waals surface area contributed by atoms with Gasteiger partial charge in [-0.3, -0.25) is 4.90 Å². The lowest BCUT2D eigenvalue weighted by Crippen LogP contribution is -2.41. The predicted octanol–water partition coefficient (Wildman–Crippen LogP) is 5.74. The Morgan fingerprint density at radius 2 is 1.85 bits per heavy atom. The van der Waals surface area contributed by atoms with Crippen molar-refractivity contribution < 1.29 is 4.74 Å². The van der Waals surface area contributed by atoms with Gasteiger partial charge in [0.15, 0.2) is 0 Å². The molecule has 0 radical (unpaired) electrons. The Morgan fingerprint density at radius 3 is 2.58 bits per heavy atom. The minimum absolute atomic E-state index is 0.462. The quantitative estimate of drug-likeness (QED) is 0.660. The van der Waals surface area contributed by atoms with Crippen molar-refractivity contribution in [3.05, 3.63) is 63.1 Å². The van der Waals surface area contributed by atoms with Crippen molar-refractivity contribution in [2.24, 2.45) is 0 Å². The average molecular weight is 390 g/mol. The summed E-state index contributed by atoms with van der Waals surface area (Å²) in [6.45, 7) is 2.45. The topological polar surface area (TPSA) is 12.5 Å². The van der Waals surface area contributed by atoms with Crippen LogP contribution in [0.3, 0.4) is 0 Å². The summed E-state index contributed by atoms with van der Waals surface area (Å²) in [5.41, 5.74) is 4.16. The summed E-state index contributed by atoms with van der Waals surface area (Å²) in [5, 5.41) is 1.26. The second kappa shape index (κ2) is 7.80. The van der Waals surface area contributed by atoms with Gasteiger partial charge in [0, 0.05) is 12.0 Å². The Bertz CT molecular complexity index is 786. The first-order chi connectivity index (χ1) is 12.7. The standard InChI is InChI=1S/C22H25Cl2NO/c1-26-17-7-5-16-6-9-22(25-10-2-3-11-25)19(18(16)14-17)12-15-4-8-20(23)21(24)13-15/h4-5,7-8,13-14,19,22H,2-3,6,9-12H2,1H3. The maximum Gasteiger partial charge on any atom is 0.119 e. The van der Waals surface area contributed by atoms with Gasteiger partial charge >= 0.3 is 0 Å². The molecule has 2 atom stereocenters. The molecule has 4 heteroatoms. The normalized spacial score (nSPS) is 23.0. The van der Waals surface area contributed by atoms with Gasteiger partial charge < -0.3 is 4.74 Å². The Kier molecular flexibility index (Phi) is 5.45. The largest absolute Gasteiger partial charge is 0.497 e. The van der Waals surface area contributed by atoms with Gasteiger partial charge in [-0.2, -0.15) is 0 Å². The number of ether oxygens (including phenoxy) is 1. The Balaban J connectivity index is 1.70. The third kappa shape index (κ3) is 3.60. The van der Waals surface area contributed by atoms with Crippen molar-refractivity contribution in [1.82, 2.24) is 4.90 Å². The minimum Gasteiger partial charge on any atom is -0.497 e. The number of halogens is 2. The van der Waals surface area contributed by atoms with Crippen LogP contribution in [0.5, 0.6) is 5.75 Å². The van der Waals surface area contributed by atoms with Crippen LogP contribution in [0.4, 0.5) is 0 Å². The van der Waals surface area contributed by atoms with E-state index in [1.165, 1.54) is 49.0 Å². The van der Waals surface area contributed by atoms with E-state index in [1.807, 2.05) is 12.1 Å². The van der Waals surface area contributed by atoms with Gasteiger partial charge in [0.05, 0.1) is 17.2 Å². The summed E-state index contributed by atoms with van der Waals surface area (Å²) < 4.78 is 5.52. The van der Waals surface area contributed by atoms with Crippen molar-refractivity contribution in [3.8, 4) is 5.75 Å². The number of methoxy groups -OCH3 is 1. The average Bonchev–Trinajstić information content (AvgIpc) is 3.19. The van der Waals surface area contributed by atoms with E-state index in [0.717, 1.165) is 18.6 Å². The smallest absolute Gasteiger partial charge is 0.119 e. The van der Waals surface area contributed by atoms with E-state index >= 15 is 0 Å². The Hall–Kier alpha value is -1.22. The first-order valence-corrected chi connectivity index (χ1v) is 10.3. The molecule has 0 bridgehead atoms. The van der Waals surface area contributed by atoms with Crippen molar-refractivity contribution in [2.45, 2.75) is 44.1 Å². The molecule has 0 aromatic heterocycles. The van der Waals surface area contributed by atoms with Crippen LogP contribution in [0.1, 0.15) is 41.9 Å². The number of rotatable bonds is 4. The van der Waals surface area contributed by atoms with Gasteiger partial charge in [-0.1, -0.05) is 35.3 Å². The van der Waals surface area contributed by atoms with Crippen LogP contribution < -0.4 is 4.74 Å². The second-order valence-electron chi connectivity index (χ2n) is 7.47. The monoisotopic (exact) mass is 389 g/mol. The molecule has 1 heterocycles. The lowest BCUT2D eigenvalue weighted by atomic mass is 9.75. The summed E-state index contributed by atoms with van der Waals surface area (Å²) in [4.78, 5) is 2.70. The van der Waals surface area contributed by atoms with Crippen LogP contribution in [-0.4, -0.2) is 31.1 Å². The zero-order chi connectivity index (χ0) is 18.1. The molecule has 26 heavy (non-hydrogen) atoms. The molecule has 2 nitrogen and oxygen atoms in total. The van der Waals surface area contributed by atoms with Crippen LogP contribution in [0.2, 0.25) is 10.0 Å². The molecule has 138 valence electrons. The van der Waals surface area contributed by atoms with Crippen LogP contribution in [0.15, 0.2) is 36.4 Å². The summed E-state index contributed by atoms with van der Waals surface area (Å²) in [5.74, 6) is 1.41. The molecule has 1 saturated heterocycles. The van der Waals surface area contributed by atoms with Gasteiger partial charge in [0.1, 0.15) is 5.75 Å². The SMILES string of the molecule is COc1ccc2c(c1)C(Cc1ccc(Cl)c(Cl)c1)C(N1CCCC1)CC2. The number of hydrogen-bond acceptors (Lipinski definition) is 2. The first kappa shape index (κ1) is 18.2. The number of benzene rings is 2. The molecule has 2 aromatic carbocycles. The highest BCUT2D eigenvalue weighted by molar-refractivity contribution is 6.42. The number of nitrogens with zero attached hydrogens (tertiary/aromatic N) is 1. The fourth-order valence-electron chi connectivity index (χ4n) is 4.66. The molecule has 0 saturated carbocycles. The fourth-order valence-corrected chi connectivity index (χ4v) is 4.98. The number of hydrogen-bond donors (Lipinski definition) is 0. The van der Waals surface area contributed by atoms with Gasteiger partial charge in [-0.25, -0.2) is 0 Å². The molecule has 0 N–H and O–H groups in total. The Labute approximate surface area is 166 Å². The third-order valence-corrected chi connectivity index (χ3v) is 6.71. The molecular weight excluding hydrogens is 365 g/mol. The van der Waals surface area contributed by atoms with Gasteiger partial charge in [-0.05, 0) is 86.1 Å². The van der Waals surface area contributed by atoms with E-state index in [0.29, 0.717) is 22.0 Å². The van der Waals surface area contributed by atoms with Gasteiger partial charge in [-0.15, -0.1) is 0 Å². The first-order valence-electron chi connectivity index (χ1n) is 9.50. The van der Waals surface area contributed by atoms with Crippen LogP contribution in [0.25, 0.3) is 0 Å². The van der Waals surface area contributed by atoms with E-state index in [-0.39, 0.29) is 0 Å². The number of fused-ring (bicyclic) bond motifs is 1. The molecule has 2 unspecified atom stereocenters. The maximum atomic E-state index is 6.28. The molecule has 0 spiro atoms. The highest BCUT2D eigenvalue weighted by atomic mass is 35.5. The molecule has 1 aliphatic heterocycles.